The van der Waals surface area contributed by atoms with E-state index in [-0.39, 0.29) is 6.04 Å². The zero-order valence-corrected chi connectivity index (χ0v) is 14.2. The van der Waals surface area contributed by atoms with Gasteiger partial charge in [0.25, 0.3) is 0 Å². The van der Waals surface area contributed by atoms with Crippen molar-refractivity contribution in [3.8, 4) is 0 Å². The molecule has 2 rings (SSSR count). The van der Waals surface area contributed by atoms with Crippen LogP contribution in [0.1, 0.15) is 44.2 Å². The van der Waals surface area contributed by atoms with Crippen molar-refractivity contribution in [3.05, 3.63) is 23.3 Å². The molecule has 1 saturated carbocycles. The Bertz CT molecular complexity index is 584. The van der Waals surface area contributed by atoms with E-state index in [1.807, 2.05) is 32.9 Å². The van der Waals surface area contributed by atoms with E-state index >= 15 is 0 Å². The van der Waals surface area contributed by atoms with Gasteiger partial charge in [0, 0.05) is 18.3 Å². The average Bonchev–Trinajstić information content (AvgIpc) is 3.18. The summed E-state index contributed by atoms with van der Waals surface area (Å²) in [5, 5.41) is 3.31. The van der Waals surface area contributed by atoms with Gasteiger partial charge in [-0.05, 0) is 69.2 Å². The number of aryl methyl sites for hydroxylation is 2. The molecule has 0 aromatic heterocycles. The maximum Gasteiger partial charge on any atom is 0.241 e. The lowest BCUT2D eigenvalue weighted by molar-refractivity contribution is 0.537. The molecule has 5 heteroatoms. The molecule has 0 heterocycles. The second-order valence-electron chi connectivity index (χ2n) is 6.11. The fourth-order valence-corrected chi connectivity index (χ4v) is 4.51. The van der Waals surface area contributed by atoms with Crippen LogP contribution in [0.5, 0.6) is 0 Å². The quantitative estimate of drug-likeness (QED) is 0.813. The van der Waals surface area contributed by atoms with Crippen LogP contribution in [0.3, 0.4) is 0 Å². The molecule has 4 nitrogen and oxygen atoms in total. The zero-order valence-electron chi connectivity index (χ0n) is 13.4. The number of rotatable bonds is 7. The molecule has 1 fully saturated rings. The summed E-state index contributed by atoms with van der Waals surface area (Å²) in [6.07, 6.45) is 3.29. The minimum absolute atomic E-state index is 0.0201. The third-order valence-electron chi connectivity index (χ3n) is 3.98. The van der Waals surface area contributed by atoms with Gasteiger partial charge < -0.3 is 5.32 Å². The van der Waals surface area contributed by atoms with E-state index in [4.69, 9.17) is 0 Å². The van der Waals surface area contributed by atoms with Crippen LogP contribution in [0, 0.1) is 19.8 Å². The number of nitrogens with one attached hydrogen (secondary N) is 2. The van der Waals surface area contributed by atoms with Crippen molar-refractivity contribution in [2.24, 2.45) is 5.92 Å². The predicted molar refractivity (Wildman–Crippen MR) is 87.2 cm³/mol. The second-order valence-corrected chi connectivity index (χ2v) is 7.76. The van der Waals surface area contributed by atoms with E-state index in [2.05, 4.69) is 17.0 Å². The lowest BCUT2D eigenvalue weighted by Gasteiger charge is -2.18. The smallest absolute Gasteiger partial charge is 0.241 e. The van der Waals surface area contributed by atoms with E-state index in [0.717, 1.165) is 42.6 Å². The fourth-order valence-electron chi connectivity index (χ4n) is 2.74. The highest BCUT2D eigenvalue weighted by atomic mass is 32.2. The predicted octanol–water partition coefficient (Wildman–Crippen LogP) is 3.20. The molecule has 0 bridgehead atoms. The first-order chi connectivity index (χ1) is 9.85. The highest BCUT2D eigenvalue weighted by Gasteiger charge is 2.32. The molecule has 0 saturated heterocycles. The summed E-state index contributed by atoms with van der Waals surface area (Å²) >= 11 is 0. The van der Waals surface area contributed by atoms with Crippen molar-refractivity contribution in [1.82, 2.24) is 4.72 Å². The number of sulfonamides is 1. The van der Waals surface area contributed by atoms with Gasteiger partial charge in [-0.15, -0.1) is 0 Å². The molecular formula is C16H26N2O2S. The molecule has 118 valence electrons. The molecule has 0 radical (unpaired) electrons. The molecule has 1 aromatic carbocycles. The molecule has 1 unspecified atom stereocenters. The van der Waals surface area contributed by atoms with Crippen LogP contribution >= 0.6 is 0 Å². The first kappa shape index (κ1) is 16.3. The highest BCUT2D eigenvalue weighted by molar-refractivity contribution is 7.89. The normalized spacial score (nSPS) is 16.8. The van der Waals surface area contributed by atoms with Gasteiger partial charge >= 0.3 is 0 Å². The standard InChI is InChI=1S/C16H26N2O2S/c1-5-8-17-15-9-11(2)16(12(3)10-15)21(19,20)18-13(4)14-6-7-14/h9-10,13-14,17-18H,5-8H2,1-4H3. The van der Waals surface area contributed by atoms with Gasteiger partial charge in [0.2, 0.25) is 10.0 Å². The molecule has 0 amide bonds. The third-order valence-corrected chi connectivity index (χ3v) is 5.84. The Balaban J connectivity index is 2.25. The van der Waals surface area contributed by atoms with Gasteiger partial charge in [0.1, 0.15) is 0 Å². The van der Waals surface area contributed by atoms with Crippen molar-refractivity contribution in [3.63, 3.8) is 0 Å². The van der Waals surface area contributed by atoms with Gasteiger partial charge in [0.05, 0.1) is 4.90 Å². The fraction of sp³-hybridized carbons (Fsp3) is 0.625. The van der Waals surface area contributed by atoms with Gasteiger partial charge in [-0.2, -0.15) is 0 Å². The Morgan fingerprint density at radius 2 is 1.81 bits per heavy atom. The summed E-state index contributed by atoms with van der Waals surface area (Å²) in [4.78, 5) is 0.428. The van der Waals surface area contributed by atoms with Gasteiger partial charge in [-0.25, -0.2) is 13.1 Å². The Morgan fingerprint density at radius 1 is 1.24 bits per heavy atom. The molecule has 1 aromatic rings. The monoisotopic (exact) mass is 310 g/mol. The summed E-state index contributed by atoms with van der Waals surface area (Å²) in [7, 11) is -3.44. The van der Waals surface area contributed by atoms with Gasteiger partial charge in [-0.3, -0.25) is 0 Å². The van der Waals surface area contributed by atoms with E-state index in [1.54, 1.807) is 0 Å². The molecule has 0 aliphatic heterocycles. The topological polar surface area (TPSA) is 58.2 Å². The van der Waals surface area contributed by atoms with Crippen molar-refractivity contribution in [2.45, 2.75) is 57.9 Å². The highest BCUT2D eigenvalue weighted by Crippen LogP contribution is 2.33. The number of hydrogen-bond donors (Lipinski definition) is 2. The molecule has 0 spiro atoms. The SMILES string of the molecule is CCCNc1cc(C)c(S(=O)(=O)NC(C)C2CC2)c(C)c1. The Kier molecular flexibility index (Phi) is 4.94. The van der Waals surface area contributed by atoms with Gasteiger partial charge in [-0.1, -0.05) is 6.92 Å². The van der Waals surface area contributed by atoms with Crippen LogP contribution in [-0.4, -0.2) is 21.0 Å². The van der Waals surface area contributed by atoms with E-state index in [1.165, 1.54) is 0 Å². The first-order valence-corrected chi connectivity index (χ1v) is 9.21. The molecule has 1 atom stereocenters. The average molecular weight is 310 g/mol. The zero-order chi connectivity index (χ0) is 15.6. The molecule has 2 N–H and O–H groups in total. The minimum atomic E-state index is -3.44. The molecule has 1 aliphatic carbocycles. The number of benzene rings is 1. The summed E-state index contributed by atoms with van der Waals surface area (Å²) in [5.74, 6) is 0.505. The molecular weight excluding hydrogens is 284 g/mol. The maximum absolute atomic E-state index is 12.6. The van der Waals surface area contributed by atoms with Crippen LogP contribution in [0.15, 0.2) is 17.0 Å². The maximum atomic E-state index is 12.6. The first-order valence-electron chi connectivity index (χ1n) is 7.72. The number of anilines is 1. The Hall–Kier alpha value is -1.07. The second kappa shape index (κ2) is 6.36. The number of hydrogen-bond acceptors (Lipinski definition) is 3. The summed E-state index contributed by atoms with van der Waals surface area (Å²) in [6, 6.07) is 3.85. The molecule has 1 aliphatic rings. The Morgan fingerprint density at radius 3 is 2.29 bits per heavy atom. The lowest BCUT2D eigenvalue weighted by Crippen LogP contribution is -2.34. The van der Waals surface area contributed by atoms with Crippen molar-refractivity contribution in [2.75, 3.05) is 11.9 Å². The largest absolute Gasteiger partial charge is 0.385 e. The lowest BCUT2D eigenvalue weighted by atomic mass is 10.1. The van der Waals surface area contributed by atoms with Crippen molar-refractivity contribution in [1.29, 1.82) is 0 Å². The minimum Gasteiger partial charge on any atom is -0.385 e. The third kappa shape index (κ3) is 3.98. The van der Waals surface area contributed by atoms with E-state index < -0.39 is 10.0 Å². The van der Waals surface area contributed by atoms with Crippen LogP contribution < -0.4 is 10.0 Å². The van der Waals surface area contributed by atoms with Crippen LogP contribution in [0.2, 0.25) is 0 Å². The van der Waals surface area contributed by atoms with E-state index in [0.29, 0.717) is 10.8 Å². The summed E-state index contributed by atoms with van der Waals surface area (Å²) in [5.41, 5.74) is 2.58. The summed E-state index contributed by atoms with van der Waals surface area (Å²) in [6.45, 7) is 8.68. The van der Waals surface area contributed by atoms with Crippen LogP contribution in [0.25, 0.3) is 0 Å². The summed E-state index contributed by atoms with van der Waals surface area (Å²) < 4.78 is 28.1. The van der Waals surface area contributed by atoms with E-state index in [9.17, 15) is 8.42 Å². The Labute approximate surface area is 128 Å². The van der Waals surface area contributed by atoms with Crippen LogP contribution in [0.4, 0.5) is 5.69 Å². The molecule has 21 heavy (non-hydrogen) atoms. The van der Waals surface area contributed by atoms with Gasteiger partial charge in [0.15, 0.2) is 0 Å². The van der Waals surface area contributed by atoms with Crippen LogP contribution in [-0.2, 0) is 10.0 Å². The van der Waals surface area contributed by atoms with Crippen molar-refractivity contribution < 1.29 is 8.42 Å². The van der Waals surface area contributed by atoms with Crippen molar-refractivity contribution >= 4 is 15.7 Å².